The first-order chi connectivity index (χ1) is 7.57. The molecule has 3 nitrogen and oxygen atoms in total. The van der Waals surface area contributed by atoms with E-state index in [4.69, 9.17) is 0 Å². The lowest BCUT2D eigenvalue weighted by Crippen LogP contribution is -2.37. The van der Waals surface area contributed by atoms with E-state index in [0.717, 1.165) is 12.8 Å². The molecule has 0 fully saturated rings. The minimum absolute atomic E-state index is 0.00167. The van der Waals surface area contributed by atoms with Gasteiger partial charge < -0.3 is 5.32 Å². The fourth-order valence-electron chi connectivity index (χ4n) is 1.48. The van der Waals surface area contributed by atoms with E-state index in [1.165, 1.54) is 32.6 Å². The predicted octanol–water partition coefficient (Wildman–Crippen LogP) is 2.83. The summed E-state index contributed by atoms with van der Waals surface area (Å²) in [5, 5.41) is 2.69. The van der Waals surface area contributed by atoms with Crippen LogP contribution in [0.1, 0.15) is 65.7 Å². The van der Waals surface area contributed by atoms with Gasteiger partial charge in [0.15, 0.2) is 5.78 Å². The third kappa shape index (κ3) is 8.45. The maximum absolute atomic E-state index is 11.4. The van der Waals surface area contributed by atoms with E-state index in [9.17, 15) is 9.59 Å². The van der Waals surface area contributed by atoms with Gasteiger partial charge in [0.1, 0.15) is 0 Å². The van der Waals surface area contributed by atoms with Gasteiger partial charge in [-0.15, -0.1) is 0 Å². The zero-order chi connectivity index (χ0) is 12.4. The van der Waals surface area contributed by atoms with E-state index >= 15 is 0 Å². The number of hydrogen-bond acceptors (Lipinski definition) is 2. The summed E-state index contributed by atoms with van der Waals surface area (Å²) in [5.74, 6) is 0.00878. The highest BCUT2D eigenvalue weighted by molar-refractivity contribution is 5.86. The third-order valence-corrected chi connectivity index (χ3v) is 2.74. The van der Waals surface area contributed by atoms with Crippen LogP contribution in [-0.2, 0) is 9.59 Å². The summed E-state index contributed by atoms with van der Waals surface area (Å²) in [4.78, 5) is 22.3. The number of rotatable bonds is 9. The Labute approximate surface area is 99.0 Å². The van der Waals surface area contributed by atoms with E-state index in [-0.39, 0.29) is 17.7 Å². The van der Waals surface area contributed by atoms with Crippen LogP contribution >= 0.6 is 0 Å². The van der Waals surface area contributed by atoms with Gasteiger partial charge in [0.2, 0.25) is 5.91 Å². The molecule has 0 aliphatic rings. The molecule has 3 heteroatoms. The molecule has 0 aliphatic carbocycles. The molecule has 0 rings (SSSR count). The van der Waals surface area contributed by atoms with Gasteiger partial charge in [-0.3, -0.25) is 9.59 Å². The highest BCUT2D eigenvalue weighted by atomic mass is 16.2. The van der Waals surface area contributed by atoms with Crippen molar-refractivity contribution in [3.8, 4) is 0 Å². The van der Waals surface area contributed by atoms with Crippen molar-refractivity contribution in [2.75, 3.05) is 0 Å². The average Bonchev–Trinajstić information content (AvgIpc) is 2.23. The minimum atomic E-state index is -0.340. The van der Waals surface area contributed by atoms with Crippen LogP contribution in [0.4, 0.5) is 0 Å². The van der Waals surface area contributed by atoms with Crippen LogP contribution in [0.25, 0.3) is 0 Å². The Morgan fingerprint density at radius 3 is 2.19 bits per heavy atom. The number of unbranched alkanes of at least 4 members (excludes halogenated alkanes) is 5. The van der Waals surface area contributed by atoms with Gasteiger partial charge in [0, 0.05) is 6.42 Å². The highest BCUT2D eigenvalue weighted by Gasteiger charge is 2.10. The van der Waals surface area contributed by atoms with Crippen molar-refractivity contribution < 1.29 is 9.59 Å². The van der Waals surface area contributed by atoms with Crippen LogP contribution in [0.3, 0.4) is 0 Å². The number of ketones is 1. The molecule has 0 bridgehead atoms. The molecule has 0 heterocycles. The summed E-state index contributed by atoms with van der Waals surface area (Å²) in [6, 6.07) is -0.340. The summed E-state index contributed by atoms with van der Waals surface area (Å²) >= 11 is 0. The van der Waals surface area contributed by atoms with Crippen LogP contribution in [-0.4, -0.2) is 17.7 Å². The van der Waals surface area contributed by atoms with Crippen molar-refractivity contribution in [3.05, 3.63) is 0 Å². The molecule has 1 atom stereocenters. The van der Waals surface area contributed by atoms with Crippen LogP contribution in [0.5, 0.6) is 0 Å². The average molecular weight is 227 g/mol. The molecule has 0 radical (unpaired) electrons. The number of carbonyl (C=O) groups is 2. The summed E-state index contributed by atoms with van der Waals surface area (Å²) in [6.45, 7) is 5.41. The summed E-state index contributed by atoms with van der Waals surface area (Å²) < 4.78 is 0. The maximum atomic E-state index is 11.4. The lowest BCUT2D eigenvalue weighted by molar-refractivity contribution is -0.126. The van der Waals surface area contributed by atoms with Gasteiger partial charge in [0.25, 0.3) is 0 Å². The second-order valence-corrected chi connectivity index (χ2v) is 4.42. The van der Waals surface area contributed by atoms with Crippen LogP contribution < -0.4 is 5.32 Å². The molecular weight excluding hydrogens is 202 g/mol. The van der Waals surface area contributed by atoms with Gasteiger partial charge in [-0.1, -0.05) is 39.0 Å². The van der Waals surface area contributed by atoms with Gasteiger partial charge >= 0.3 is 0 Å². The maximum Gasteiger partial charge on any atom is 0.220 e. The number of nitrogens with one attached hydrogen (secondary N) is 1. The molecule has 1 amide bonds. The molecule has 94 valence electrons. The Balaban J connectivity index is 3.40. The normalized spacial score (nSPS) is 12.2. The molecule has 0 aromatic carbocycles. The zero-order valence-corrected chi connectivity index (χ0v) is 10.8. The Morgan fingerprint density at radius 1 is 1.06 bits per heavy atom. The van der Waals surface area contributed by atoms with E-state index in [0.29, 0.717) is 6.42 Å². The van der Waals surface area contributed by atoms with Gasteiger partial charge in [-0.25, -0.2) is 0 Å². The standard InChI is InChI=1S/C13H25NO2/c1-4-5-6-7-8-9-10-13(16)14-11(2)12(3)15/h11H,4-10H2,1-3H3,(H,14,16). The highest BCUT2D eigenvalue weighted by Crippen LogP contribution is 2.06. The van der Waals surface area contributed by atoms with Crippen molar-refractivity contribution in [2.24, 2.45) is 0 Å². The van der Waals surface area contributed by atoms with Gasteiger partial charge in [-0.2, -0.15) is 0 Å². The van der Waals surface area contributed by atoms with E-state index in [2.05, 4.69) is 12.2 Å². The minimum Gasteiger partial charge on any atom is -0.347 e. The molecule has 16 heavy (non-hydrogen) atoms. The molecular formula is C13H25NO2. The Hall–Kier alpha value is -0.860. The van der Waals surface area contributed by atoms with Crippen molar-refractivity contribution in [2.45, 2.75) is 71.8 Å². The second kappa shape index (κ2) is 9.37. The first-order valence-corrected chi connectivity index (χ1v) is 6.37. The largest absolute Gasteiger partial charge is 0.347 e. The van der Waals surface area contributed by atoms with E-state index < -0.39 is 0 Å². The first kappa shape index (κ1) is 15.1. The lowest BCUT2D eigenvalue weighted by atomic mass is 10.1. The Morgan fingerprint density at radius 2 is 1.62 bits per heavy atom. The topological polar surface area (TPSA) is 46.2 Å². The molecule has 0 aromatic rings. The van der Waals surface area contributed by atoms with Crippen LogP contribution in [0, 0.1) is 0 Å². The molecule has 0 saturated heterocycles. The van der Waals surface area contributed by atoms with Crippen molar-refractivity contribution >= 4 is 11.7 Å². The summed E-state index contributed by atoms with van der Waals surface area (Å²) in [6.07, 6.45) is 7.60. The predicted molar refractivity (Wildman–Crippen MR) is 66.3 cm³/mol. The molecule has 1 unspecified atom stereocenters. The number of hydrogen-bond donors (Lipinski definition) is 1. The van der Waals surface area contributed by atoms with Crippen molar-refractivity contribution in [3.63, 3.8) is 0 Å². The molecule has 0 saturated carbocycles. The molecule has 0 aromatic heterocycles. The van der Waals surface area contributed by atoms with E-state index in [1.807, 2.05) is 0 Å². The molecule has 0 spiro atoms. The van der Waals surface area contributed by atoms with Crippen molar-refractivity contribution in [1.29, 1.82) is 0 Å². The number of Topliss-reactive ketones (excluding diaryl/α,β-unsaturated/α-hetero) is 1. The van der Waals surface area contributed by atoms with Gasteiger partial charge in [-0.05, 0) is 20.3 Å². The fourth-order valence-corrected chi connectivity index (χ4v) is 1.48. The first-order valence-electron chi connectivity index (χ1n) is 6.37. The quantitative estimate of drug-likeness (QED) is 0.616. The van der Waals surface area contributed by atoms with Crippen LogP contribution in [0.15, 0.2) is 0 Å². The van der Waals surface area contributed by atoms with Crippen LogP contribution in [0.2, 0.25) is 0 Å². The molecule has 1 N–H and O–H groups in total. The Bertz CT molecular complexity index is 214. The second-order valence-electron chi connectivity index (χ2n) is 4.42. The number of amides is 1. The monoisotopic (exact) mass is 227 g/mol. The number of carbonyl (C=O) groups excluding carboxylic acids is 2. The smallest absolute Gasteiger partial charge is 0.220 e. The van der Waals surface area contributed by atoms with Gasteiger partial charge in [0.05, 0.1) is 6.04 Å². The third-order valence-electron chi connectivity index (χ3n) is 2.74. The summed E-state index contributed by atoms with van der Waals surface area (Å²) in [5.41, 5.74) is 0. The lowest BCUT2D eigenvalue weighted by Gasteiger charge is -2.10. The zero-order valence-electron chi connectivity index (χ0n) is 10.8. The Kier molecular flexibility index (Phi) is 8.87. The SMILES string of the molecule is CCCCCCCCC(=O)NC(C)C(C)=O. The van der Waals surface area contributed by atoms with E-state index in [1.54, 1.807) is 6.92 Å². The fraction of sp³-hybridized carbons (Fsp3) is 0.846. The van der Waals surface area contributed by atoms with Crippen molar-refractivity contribution in [1.82, 2.24) is 5.32 Å². The summed E-state index contributed by atoms with van der Waals surface area (Å²) in [7, 11) is 0. The molecule has 0 aliphatic heterocycles.